The fourth-order valence-electron chi connectivity index (χ4n) is 4.15. The third kappa shape index (κ3) is 5.58. The van der Waals surface area contributed by atoms with Crippen LogP contribution in [0.2, 0.25) is 0 Å². The number of nitrogens with zero attached hydrogens (tertiary/aromatic N) is 4. The molecule has 0 radical (unpaired) electrons. The van der Waals surface area contributed by atoms with Gasteiger partial charge in [-0.1, -0.05) is 37.3 Å². The van der Waals surface area contributed by atoms with Crippen molar-refractivity contribution in [1.29, 1.82) is 0 Å². The first-order chi connectivity index (χ1) is 16.4. The topological polar surface area (TPSA) is 71.0 Å². The van der Waals surface area contributed by atoms with Gasteiger partial charge >= 0.3 is 6.18 Å². The molecule has 1 fully saturated rings. The van der Waals surface area contributed by atoms with Crippen molar-refractivity contribution in [3.05, 3.63) is 59.1 Å². The maximum atomic E-state index is 14.5. The first-order valence-electron chi connectivity index (χ1n) is 10.8. The minimum absolute atomic E-state index is 0.00677. The van der Waals surface area contributed by atoms with Crippen LogP contribution in [0.25, 0.3) is 10.4 Å². The second-order valence-corrected chi connectivity index (χ2v) is 9.68. The summed E-state index contributed by atoms with van der Waals surface area (Å²) in [7, 11) is 0. The number of aryl methyl sites for hydroxylation is 1. The summed E-state index contributed by atoms with van der Waals surface area (Å²) in [5.41, 5.74) is -0.284. The van der Waals surface area contributed by atoms with E-state index in [-0.39, 0.29) is 18.1 Å². The Morgan fingerprint density at radius 1 is 1.20 bits per heavy atom. The highest BCUT2D eigenvalue weighted by Crippen LogP contribution is 2.37. The molecule has 1 unspecified atom stereocenters. The third-order valence-electron chi connectivity index (χ3n) is 5.75. The Kier molecular flexibility index (Phi) is 6.76. The van der Waals surface area contributed by atoms with E-state index in [0.29, 0.717) is 16.1 Å². The van der Waals surface area contributed by atoms with Crippen molar-refractivity contribution >= 4 is 23.1 Å². The van der Waals surface area contributed by atoms with Gasteiger partial charge in [0.1, 0.15) is 11.5 Å². The predicted molar refractivity (Wildman–Crippen MR) is 121 cm³/mol. The minimum Gasteiger partial charge on any atom is -0.367 e. The highest BCUT2D eigenvalue weighted by Gasteiger charge is 2.46. The van der Waals surface area contributed by atoms with E-state index in [1.165, 1.54) is 11.3 Å². The molecule has 1 saturated heterocycles. The third-order valence-corrected chi connectivity index (χ3v) is 6.77. The van der Waals surface area contributed by atoms with E-state index < -0.39 is 48.6 Å². The molecule has 0 spiro atoms. The van der Waals surface area contributed by atoms with Crippen molar-refractivity contribution < 1.29 is 26.7 Å². The van der Waals surface area contributed by atoms with Gasteiger partial charge in [-0.2, -0.15) is 13.2 Å². The van der Waals surface area contributed by atoms with Gasteiger partial charge in [-0.25, -0.2) is 23.7 Å². The number of aromatic nitrogens is 3. The Labute approximate surface area is 202 Å². The van der Waals surface area contributed by atoms with Crippen LogP contribution in [0.15, 0.2) is 42.7 Å². The molecule has 0 aliphatic carbocycles. The van der Waals surface area contributed by atoms with Crippen molar-refractivity contribution in [2.24, 2.45) is 5.92 Å². The molecule has 4 rings (SSSR count). The van der Waals surface area contributed by atoms with E-state index in [0.717, 1.165) is 16.7 Å². The Hall–Kier alpha value is -3.15. The lowest BCUT2D eigenvalue weighted by molar-refractivity contribution is -0.141. The summed E-state index contributed by atoms with van der Waals surface area (Å²) in [6.45, 7) is 2.57. The van der Waals surface area contributed by atoms with Gasteiger partial charge in [0.15, 0.2) is 5.69 Å². The second kappa shape index (κ2) is 9.48. The molecule has 2 aromatic heterocycles. The second-order valence-electron chi connectivity index (χ2n) is 8.48. The summed E-state index contributed by atoms with van der Waals surface area (Å²) >= 11 is 1.30. The average molecular weight is 512 g/mol. The molecule has 186 valence electrons. The van der Waals surface area contributed by atoms with Crippen molar-refractivity contribution in [1.82, 2.24) is 19.9 Å². The van der Waals surface area contributed by atoms with Gasteiger partial charge in [0.2, 0.25) is 0 Å². The van der Waals surface area contributed by atoms with Crippen molar-refractivity contribution in [3.8, 4) is 10.4 Å². The number of amides is 1. The first kappa shape index (κ1) is 25.0. The maximum Gasteiger partial charge on any atom is 0.434 e. The Morgan fingerprint density at radius 3 is 2.54 bits per heavy atom. The number of halogens is 5. The molecule has 1 amide bonds. The summed E-state index contributed by atoms with van der Waals surface area (Å²) < 4.78 is 67.3. The summed E-state index contributed by atoms with van der Waals surface area (Å²) in [5.74, 6) is -4.26. The van der Waals surface area contributed by atoms with Crippen LogP contribution in [0.5, 0.6) is 0 Å². The molecule has 1 aromatic carbocycles. The first-order valence-corrected chi connectivity index (χ1v) is 11.6. The number of thiazole rings is 1. The van der Waals surface area contributed by atoms with Gasteiger partial charge < -0.3 is 10.2 Å². The number of carbonyl (C=O) groups is 1. The SMILES string of the molecule is Cc1nc(C(=O)N2CC(F)(F)C[C@@H](C)C2CNc2cnc(C(F)(F)F)cn2)c(-c2ccccc2)s1. The number of hydrogen-bond acceptors (Lipinski definition) is 6. The molecule has 12 heteroatoms. The Balaban J connectivity index is 1.60. The maximum absolute atomic E-state index is 14.5. The van der Waals surface area contributed by atoms with Gasteiger partial charge in [-0.15, -0.1) is 11.3 Å². The van der Waals surface area contributed by atoms with Gasteiger partial charge in [-0.05, 0) is 18.4 Å². The largest absolute Gasteiger partial charge is 0.434 e. The molecule has 0 saturated carbocycles. The highest BCUT2D eigenvalue weighted by atomic mass is 32.1. The molecule has 3 heterocycles. The van der Waals surface area contributed by atoms with Crippen molar-refractivity contribution in [2.75, 3.05) is 18.4 Å². The van der Waals surface area contributed by atoms with Gasteiger partial charge in [0, 0.05) is 13.0 Å². The lowest BCUT2D eigenvalue weighted by Crippen LogP contribution is -2.57. The van der Waals surface area contributed by atoms with E-state index in [2.05, 4.69) is 20.3 Å². The van der Waals surface area contributed by atoms with E-state index >= 15 is 0 Å². The quantitative estimate of drug-likeness (QED) is 0.457. The standard InChI is InChI=1S/C23H22F5N5OS/c1-13-8-22(24,25)12-33(16(13)9-30-18-11-29-17(10-31-18)23(26,27)28)21(34)19-20(35-14(2)32-19)15-6-4-3-5-7-15/h3-7,10-11,13,16H,8-9,12H2,1-2H3,(H,30,31)/t13-,16?/m1/s1. The number of likely N-dealkylation sites (tertiary alicyclic amines) is 1. The lowest BCUT2D eigenvalue weighted by atomic mass is 9.88. The zero-order valence-electron chi connectivity index (χ0n) is 18.8. The molecule has 6 nitrogen and oxygen atoms in total. The van der Waals surface area contributed by atoms with Crippen LogP contribution in [0.4, 0.5) is 27.8 Å². The smallest absolute Gasteiger partial charge is 0.367 e. The van der Waals surface area contributed by atoms with Crippen LogP contribution in [-0.2, 0) is 6.18 Å². The van der Waals surface area contributed by atoms with Crippen LogP contribution >= 0.6 is 11.3 Å². The molecule has 3 aromatic rings. The zero-order valence-corrected chi connectivity index (χ0v) is 19.6. The van der Waals surface area contributed by atoms with E-state index in [1.807, 2.05) is 30.3 Å². The number of rotatable bonds is 5. The number of carbonyl (C=O) groups excluding carboxylic acids is 1. The summed E-state index contributed by atoms with van der Waals surface area (Å²) in [6, 6.07) is 8.43. The number of benzene rings is 1. The molecule has 1 N–H and O–H groups in total. The Bertz CT molecular complexity index is 1180. The predicted octanol–water partition coefficient (Wildman–Crippen LogP) is 5.53. The van der Waals surface area contributed by atoms with Crippen LogP contribution in [0.1, 0.15) is 34.5 Å². The van der Waals surface area contributed by atoms with Gasteiger partial charge in [0.25, 0.3) is 11.8 Å². The monoisotopic (exact) mass is 511 g/mol. The van der Waals surface area contributed by atoms with Gasteiger partial charge in [0.05, 0.1) is 34.9 Å². The van der Waals surface area contributed by atoms with Gasteiger partial charge in [-0.3, -0.25) is 4.79 Å². The molecule has 35 heavy (non-hydrogen) atoms. The summed E-state index contributed by atoms with van der Waals surface area (Å²) in [4.78, 5) is 26.7. The fourth-order valence-corrected chi connectivity index (χ4v) is 5.06. The van der Waals surface area contributed by atoms with Crippen LogP contribution in [0, 0.1) is 12.8 Å². The van der Waals surface area contributed by atoms with Crippen molar-refractivity contribution in [3.63, 3.8) is 0 Å². The minimum atomic E-state index is -4.62. The average Bonchev–Trinajstić information content (AvgIpc) is 3.19. The molecule has 1 aliphatic heterocycles. The number of hydrogen-bond donors (Lipinski definition) is 1. The summed E-state index contributed by atoms with van der Waals surface area (Å²) in [5, 5.41) is 3.46. The van der Waals surface area contributed by atoms with E-state index in [9.17, 15) is 26.7 Å². The molecule has 1 aliphatic rings. The molecular formula is C23H22F5N5OS. The molecular weight excluding hydrogens is 489 g/mol. The van der Waals surface area contributed by atoms with Crippen molar-refractivity contribution in [2.45, 2.75) is 38.4 Å². The number of alkyl halides is 5. The number of nitrogens with one attached hydrogen (secondary N) is 1. The summed E-state index contributed by atoms with van der Waals surface area (Å²) in [6.07, 6.45) is -3.54. The number of piperidine rings is 1. The highest BCUT2D eigenvalue weighted by molar-refractivity contribution is 7.15. The van der Waals surface area contributed by atoms with Crippen LogP contribution < -0.4 is 5.32 Å². The zero-order chi connectivity index (χ0) is 25.4. The Morgan fingerprint density at radius 2 is 1.91 bits per heavy atom. The molecule has 0 bridgehead atoms. The van der Waals surface area contributed by atoms with Crippen LogP contribution in [0.3, 0.4) is 0 Å². The normalized spacial score (nSPS) is 20.0. The van der Waals surface area contributed by atoms with E-state index in [1.54, 1.807) is 13.8 Å². The van der Waals surface area contributed by atoms with E-state index in [4.69, 9.17) is 0 Å². The lowest BCUT2D eigenvalue weighted by Gasteiger charge is -2.43. The van der Waals surface area contributed by atoms with Crippen LogP contribution in [-0.4, -0.2) is 50.8 Å². The molecule has 2 atom stereocenters. The number of anilines is 1. The fraction of sp³-hybridized carbons (Fsp3) is 0.391.